The third-order valence-electron chi connectivity index (χ3n) is 5.48. The number of hydrogen-bond donors (Lipinski definition) is 3. The van der Waals surface area contributed by atoms with E-state index in [4.69, 9.17) is 26.9 Å². The van der Waals surface area contributed by atoms with Crippen molar-refractivity contribution in [2.75, 3.05) is 24.2 Å². The van der Waals surface area contributed by atoms with Crippen molar-refractivity contribution in [3.63, 3.8) is 0 Å². The number of fused-ring (bicyclic) bond motifs is 1. The third kappa shape index (κ3) is 4.29. The molecule has 0 aliphatic heterocycles. The first-order valence-corrected chi connectivity index (χ1v) is 11.8. The maximum Gasteiger partial charge on any atom is 0.279 e. The number of benzene rings is 3. The minimum absolute atomic E-state index is 0.0786. The molecule has 176 valence electrons. The summed E-state index contributed by atoms with van der Waals surface area (Å²) in [6.07, 6.45) is 3.00. The predicted molar refractivity (Wildman–Crippen MR) is 141 cm³/mol. The zero-order valence-corrected chi connectivity index (χ0v) is 20.5. The summed E-state index contributed by atoms with van der Waals surface area (Å²) in [6.45, 7) is 0.210. The SMILES string of the molecule is Nc1ccc(NCCO)c(Cl)c1-n1nc(-c2cc(Br)cc(-c3cnco3)c2)c2ccccc2c1=O. The number of nitrogens with zero attached hydrogens (tertiary/aromatic N) is 3. The Kier molecular flexibility index (Phi) is 6.29. The van der Waals surface area contributed by atoms with Crippen LogP contribution in [-0.2, 0) is 0 Å². The van der Waals surface area contributed by atoms with Crippen molar-refractivity contribution in [2.24, 2.45) is 0 Å². The second kappa shape index (κ2) is 9.53. The smallest absolute Gasteiger partial charge is 0.279 e. The Morgan fingerprint density at radius 1 is 1.11 bits per heavy atom. The first-order valence-electron chi connectivity index (χ1n) is 10.6. The number of anilines is 2. The Balaban J connectivity index is 1.79. The van der Waals surface area contributed by atoms with Gasteiger partial charge in [-0.15, -0.1) is 0 Å². The summed E-state index contributed by atoms with van der Waals surface area (Å²) in [5.41, 5.74) is 9.11. The molecule has 2 aromatic heterocycles. The summed E-state index contributed by atoms with van der Waals surface area (Å²) in [6, 6.07) is 16.3. The highest BCUT2D eigenvalue weighted by atomic mass is 79.9. The number of rotatable bonds is 6. The van der Waals surface area contributed by atoms with Crippen LogP contribution in [0.25, 0.3) is 39.0 Å². The van der Waals surface area contributed by atoms with Gasteiger partial charge in [-0.3, -0.25) is 4.79 Å². The van der Waals surface area contributed by atoms with Crippen LogP contribution in [0.4, 0.5) is 11.4 Å². The number of aliphatic hydroxyl groups excluding tert-OH is 1. The van der Waals surface area contributed by atoms with E-state index in [1.807, 2.05) is 30.3 Å². The molecule has 35 heavy (non-hydrogen) atoms. The maximum atomic E-state index is 13.6. The molecule has 0 unspecified atom stereocenters. The predicted octanol–water partition coefficient (Wildman–Crippen LogP) is 5.11. The molecule has 0 saturated heterocycles. The lowest BCUT2D eigenvalue weighted by Crippen LogP contribution is -2.24. The van der Waals surface area contributed by atoms with Crippen LogP contribution in [0.15, 0.2) is 80.9 Å². The van der Waals surface area contributed by atoms with Gasteiger partial charge in [0.15, 0.2) is 12.2 Å². The Hall–Kier alpha value is -3.66. The largest absolute Gasteiger partial charge is 0.444 e. The van der Waals surface area contributed by atoms with Crippen molar-refractivity contribution in [2.45, 2.75) is 0 Å². The van der Waals surface area contributed by atoms with Crippen molar-refractivity contribution >= 4 is 49.7 Å². The van der Waals surface area contributed by atoms with Crippen LogP contribution in [0.3, 0.4) is 0 Å². The number of nitrogens with two attached hydrogens (primary N) is 1. The maximum absolute atomic E-state index is 13.6. The van der Waals surface area contributed by atoms with Crippen molar-refractivity contribution < 1.29 is 9.52 Å². The molecule has 4 N–H and O–H groups in total. The van der Waals surface area contributed by atoms with Crippen LogP contribution >= 0.6 is 27.5 Å². The number of nitrogens with one attached hydrogen (secondary N) is 1. The fourth-order valence-electron chi connectivity index (χ4n) is 3.90. The molecule has 0 radical (unpaired) electrons. The lowest BCUT2D eigenvalue weighted by molar-refractivity contribution is 0.311. The third-order valence-corrected chi connectivity index (χ3v) is 6.32. The first-order chi connectivity index (χ1) is 17.0. The minimum Gasteiger partial charge on any atom is -0.444 e. The van der Waals surface area contributed by atoms with Crippen molar-refractivity contribution in [1.29, 1.82) is 0 Å². The molecule has 10 heteroatoms. The van der Waals surface area contributed by atoms with Crippen LogP contribution in [0.5, 0.6) is 0 Å². The van der Waals surface area contributed by atoms with E-state index in [0.29, 0.717) is 27.9 Å². The number of nitrogen functional groups attached to an aromatic ring is 1. The van der Waals surface area contributed by atoms with Crippen molar-refractivity contribution in [3.8, 4) is 28.3 Å². The molecule has 0 spiro atoms. The molecule has 0 amide bonds. The van der Waals surface area contributed by atoms with E-state index in [1.54, 1.807) is 30.5 Å². The molecule has 3 aromatic carbocycles. The number of halogens is 2. The highest BCUT2D eigenvalue weighted by Gasteiger charge is 2.19. The Morgan fingerprint density at radius 2 is 1.89 bits per heavy atom. The number of oxazole rings is 1. The summed E-state index contributed by atoms with van der Waals surface area (Å²) < 4.78 is 7.51. The van der Waals surface area contributed by atoms with E-state index in [9.17, 15) is 9.90 Å². The van der Waals surface area contributed by atoms with Gasteiger partial charge < -0.3 is 20.6 Å². The standard InChI is InChI=1S/C25H19BrClN5O3/c26-16-10-14(21-12-29-13-35-21)9-15(11-16)23-17-3-1-2-4-18(17)25(34)32(31-23)24-19(28)5-6-20(22(24)27)30-7-8-33/h1-6,9-13,30,33H,7-8,28H2. The minimum atomic E-state index is -0.359. The topological polar surface area (TPSA) is 119 Å². The summed E-state index contributed by atoms with van der Waals surface area (Å²) in [4.78, 5) is 17.6. The molecule has 0 aliphatic carbocycles. The average molecular weight is 553 g/mol. The van der Waals surface area contributed by atoms with E-state index in [1.165, 1.54) is 11.1 Å². The number of aromatic nitrogens is 3. The first kappa shape index (κ1) is 23.1. The fourth-order valence-corrected chi connectivity index (χ4v) is 4.72. The second-order valence-electron chi connectivity index (χ2n) is 7.72. The molecule has 0 saturated carbocycles. The van der Waals surface area contributed by atoms with Gasteiger partial charge in [-0.2, -0.15) is 9.78 Å². The van der Waals surface area contributed by atoms with E-state index in [0.717, 1.165) is 15.6 Å². The van der Waals surface area contributed by atoms with E-state index in [2.05, 4.69) is 26.2 Å². The molecular formula is C25H19BrClN5O3. The van der Waals surface area contributed by atoms with Gasteiger partial charge in [0, 0.05) is 27.5 Å². The molecule has 8 nitrogen and oxygen atoms in total. The Morgan fingerprint density at radius 3 is 2.63 bits per heavy atom. The van der Waals surface area contributed by atoms with Gasteiger partial charge >= 0.3 is 0 Å². The van der Waals surface area contributed by atoms with Gasteiger partial charge in [0.05, 0.1) is 40.3 Å². The lowest BCUT2D eigenvalue weighted by Gasteiger charge is -2.17. The molecule has 0 atom stereocenters. The van der Waals surface area contributed by atoms with Crippen molar-refractivity contribution in [3.05, 3.63) is 87.0 Å². The summed E-state index contributed by atoms with van der Waals surface area (Å²) >= 11 is 10.2. The van der Waals surface area contributed by atoms with Gasteiger partial charge in [-0.05, 0) is 36.4 Å². The van der Waals surface area contributed by atoms with Gasteiger partial charge in [0.1, 0.15) is 5.69 Å². The molecular weight excluding hydrogens is 534 g/mol. The molecule has 0 fully saturated rings. The van der Waals surface area contributed by atoms with Gasteiger partial charge in [0.25, 0.3) is 5.56 Å². The summed E-state index contributed by atoms with van der Waals surface area (Å²) in [7, 11) is 0. The number of aliphatic hydroxyl groups is 1. The van der Waals surface area contributed by atoms with Crippen LogP contribution in [0.1, 0.15) is 0 Å². The highest BCUT2D eigenvalue weighted by Crippen LogP contribution is 2.35. The van der Waals surface area contributed by atoms with Crippen molar-refractivity contribution in [1.82, 2.24) is 14.8 Å². The van der Waals surface area contributed by atoms with Gasteiger partial charge in [-0.25, -0.2) is 4.98 Å². The van der Waals surface area contributed by atoms with Crippen LogP contribution in [-0.4, -0.2) is 33.0 Å². The normalized spacial score (nSPS) is 11.2. The van der Waals surface area contributed by atoms with Gasteiger partial charge in [0.2, 0.25) is 0 Å². The molecule has 0 bridgehead atoms. The molecule has 5 rings (SSSR count). The number of hydrogen-bond acceptors (Lipinski definition) is 7. The summed E-state index contributed by atoms with van der Waals surface area (Å²) in [5, 5.41) is 18.3. The highest BCUT2D eigenvalue weighted by molar-refractivity contribution is 9.10. The fraction of sp³-hybridized carbons (Fsp3) is 0.0800. The zero-order valence-electron chi connectivity index (χ0n) is 18.2. The van der Waals surface area contributed by atoms with E-state index >= 15 is 0 Å². The quantitative estimate of drug-likeness (QED) is 0.250. The zero-order chi connectivity index (χ0) is 24.5. The molecule has 0 aliphatic rings. The van der Waals surface area contributed by atoms with E-state index in [-0.39, 0.29) is 35.1 Å². The monoisotopic (exact) mass is 551 g/mol. The van der Waals surface area contributed by atoms with Gasteiger partial charge in [-0.1, -0.05) is 45.7 Å². The lowest BCUT2D eigenvalue weighted by atomic mass is 10.0. The summed E-state index contributed by atoms with van der Waals surface area (Å²) in [5.74, 6) is 0.597. The second-order valence-corrected chi connectivity index (χ2v) is 9.01. The average Bonchev–Trinajstić information content (AvgIpc) is 3.40. The molecule has 5 aromatic rings. The van der Waals surface area contributed by atoms with Crippen LogP contribution in [0, 0.1) is 0 Å². The van der Waals surface area contributed by atoms with E-state index < -0.39 is 0 Å². The van der Waals surface area contributed by atoms with Crippen LogP contribution < -0.4 is 16.6 Å². The van der Waals surface area contributed by atoms with Crippen LogP contribution in [0.2, 0.25) is 5.02 Å². The Labute approximate surface area is 213 Å². The Bertz CT molecular complexity index is 1600. The molecule has 2 heterocycles.